The van der Waals surface area contributed by atoms with E-state index in [4.69, 9.17) is 5.11 Å². The van der Waals surface area contributed by atoms with Gasteiger partial charge in [0.25, 0.3) is 5.91 Å². The second kappa shape index (κ2) is 6.41. The first-order valence-corrected chi connectivity index (χ1v) is 5.66. The molecule has 0 saturated carbocycles. The van der Waals surface area contributed by atoms with Crippen LogP contribution in [0.2, 0.25) is 0 Å². The Balaban J connectivity index is 2.17. The smallest absolute Gasteiger partial charge is 0.255 e. The quantitative estimate of drug-likeness (QED) is 0.805. The van der Waals surface area contributed by atoms with Crippen molar-refractivity contribution in [1.82, 2.24) is 9.97 Å². The van der Waals surface area contributed by atoms with Crippen LogP contribution in [0.15, 0.2) is 36.9 Å². The first kappa shape index (κ1) is 13.6. The molecule has 5 nitrogen and oxygen atoms in total. The van der Waals surface area contributed by atoms with Crippen LogP contribution in [0.4, 0.5) is 10.1 Å². The van der Waals surface area contributed by atoms with Crippen molar-refractivity contribution in [2.45, 2.75) is 0 Å². The lowest BCUT2D eigenvalue weighted by molar-refractivity contribution is 0.102. The summed E-state index contributed by atoms with van der Waals surface area (Å²) in [5, 5.41) is 11.1. The van der Waals surface area contributed by atoms with Gasteiger partial charge in [-0.15, -0.1) is 0 Å². The van der Waals surface area contributed by atoms with E-state index in [-0.39, 0.29) is 17.7 Å². The second-order valence-corrected chi connectivity index (χ2v) is 3.74. The third kappa shape index (κ3) is 3.37. The van der Waals surface area contributed by atoms with Gasteiger partial charge in [0.1, 0.15) is 18.8 Å². The van der Waals surface area contributed by atoms with E-state index in [1.54, 1.807) is 0 Å². The largest absolute Gasteiger partial charge is 0.384 e. The number of carbonyl (C=O) groups excluding carboxylic acids is 1. The molecule has 0 bridgehead atoms. The van der Waals surface area contributed by atoms with Crippen LogP contribution in [0.5, 0.6) is 0 Å². The van der Waals surface area contributed by atoms with Gasteiger partial charge in [-0.3, -0.25) is 4.79 Å². The molecule has 0 spiro atoms. The first-order valence-electron chi connectivity index (χ1n) is 5.66. The highest BCUT2D eigenvalue weighted by Gasteiger charge is 2.09. The van der Waals surface area contributed by atoms with E-state index in [0.717, 1.165) is 6.07 Å². The third-order valence-electron chi connectivity index (χ3n) is 2.35. The minimum Gasteiger partial charge on any atom is -0.384 e. The molecule has 0 unspecified atom stereocenters. The number of halogens is 1. The van der Waals surface area contributed by atoms with Crippen LogP contribution in [0.1, 0.15) is 15.9 Å². The Bertz CT molecular complexity index is 678. The van der Waals surface area contributed by atoms with Crippen LogP contribution in [0, 0.1) is 17.7 Å². The fourth-order valence-corrected chi connectivity index (χ4v) is 1.46. The first-order chi connectivity index (χ1) is 9.70. The van der Waals surface area contributed by atoms with Crippen molar-refractivity contribution in [3.8, 4) is 11.8 Å². The van der Waals surface area contributed by atoms with Crippen molar-refractivity contribution in [2.24, 2.45) is 0 Å². The summed E-state index contributed by atoms with van der Waals surface area (Å²) in [5.74, 6) is 3.70. The highest BCUT2D eigenvalue weighted by Crippen LogP contribution is 2.11. The van der Waals surface area contributed by atoms with Gasteiger partial charge in [0.2, 0.25) is 0 Å². The zero-order valence-electron chi connectivity index (χ0n) is 10.3. The lowest BCUT2D eigenvalue weighted by atomic mass is 10.1. The van der Waals surface area contributed by atoms with E-state index in [1.165, 1.54) is 30.9 Å². The Hall–Kier alpha value is -2.78. The van der Waals surface area contributed by atoms with Crippen LogP contribution in [-0.2, 0) is 0 Å². The van der Waals surface area contributed by atoms with Crippen molar-refractivity contribution in [3.05, 3.63) is 53.9 Å². The van der Waals surface area contributed by atoms with Gasteiger partial charge in [-0.1, -0.05) is 11.8 Å². The predicted molar refractivity (Wildman–Crippen MR) is 70.3 cm³/mol. The highest BCUT2D eigenvalue weighted by atomic mass is 19.1. The summed E-state index contributed by atoms with van der Waals surface area (Å²) < 4.78 is 13.7. The number of amides is 1. The standard InChI is InChI=1S/C14H10FN3O2/c15-13-6-11(4-3-10(13)2-1-5-19)14(20)18-12-7-16-9-17-8-12/h3-4,6-9,19H,5H2,(H,18,20). The lowest BCUT2D eigenvalue weighted by Gasteiger charge is -2.04. The number of aromatic nitrogens is 2. The molecular weight excluding hydrogens is 261 g/mol. The number of benzene rings is 1. The SMILES string of the molecule is O=C(Nc1cncnc1)c1ccc(C#CCO)c(F)c1. The average molecular weight is 271 g/mol. The van der Waals surface area contributed by atoms with Gasteiger partial charge in [0.15, 0.2) is 0 Å². The van der Waals surface area contributed by atoms with E-state index < -0.39 is 11.7 Å². The summed E-state index contributed by atoms with van der Waals surface area (Å²) >= 11 is 0. The van der Waals surface area contributed by atoms with E-state index in [1.807, 2.05) is 0 Å². The van der Waals surface area contributed by atoms with E-state index >= 15 is 0 Å². The fraction of sp³-hybridized carbons (Fsp3) is 0.0714. The molecule has 0 saturated heterocycles. The van der Waals surface area contributed by atoms with Gasteiger partial charge in [-0.2, -0.15) is 0 Å². The predicted octanol–water partition coefficient (Wildman–Crippen LogP) is 1.21. The minimum atomic E-state index is -0.622. The molecule has 0 fully saturated rings. The van der Waals surface area contributed by atoms with Crippen molar-refractivity contribution in [3.63, 3.8) is 0 Å². The minimum absolute atomic E-state index is 0.124. The third-order valence-corrected chi connectivity index (χ3v) is 2.35. The van der Waals surface area contributed by atoms with Gasteiger partial charge >= 0.3 is 0 Å². The van der Waals surface area contributed by atoms with Gasteiger partial charge < -0.3 is 10.4 Å². The number of hydrogen-bond donors (Lipinski definition) is 2. The maximum absolute atomic E-state index is 13.7. The molecule has 1 aromatic carbocycles. The van der Waals surface area contributed by atoms with Crippen molar-refractivity contribution in [1.29, 1.82) is 0 Å². The molecule has 1 heterocycles. The number of nitrogens with zero attached hydrogens (tertiary/aromatic N) is 2. The van der Waals surface area contributed by atoms with Gasteiger partial charge in [0, 0.05) is 5.56 Å². The lowest BCUT2D eigenvalue weighted by Crippen LogP contribution is -2.12. The summed E-state index contributed by atoms with van der Waals surface area (Å²) in [6.07, 6.45) is 4.20. The number of anilines is 1. The maximum Gasteiger partial charge on any atom is 0.255 e. The van der Waals surface area contributed by atoms with Crippen LogP contribution >= 0.6 is 0 Å². The molecule has 2 aromatic rings. The van der Waals surface area contributed by atoms with E-state index in [9.17, 15) is 9.18 Å². The monoisotopic (exact) mass is 271 g/mol. The van der Waals surface area contributed by atoms with Crippen molar-refractivity contribution < 1.29 is 14.3 Å². The number of carbonyl (C=O) groups is 1. The molecule has 0 aliphatic rings. The number of rotatable bonds is 2. The van der Waals surface area contributed by atoms with Crippen LogP contribution < -0.4 is 5.32 Å². The van der Waals surface area contributed by atoms with Gasteiger partial charge in [-0.05, 0) is 18.2 Å². The molecule has 20 heavy (non-hydrogen) atoms. The Morgan fingerprint density at radius 2 is 2.10 bits per heavy atom. The van der Waals surface area contributed by atoms with Crippen molar-refractivity contribution in [2.75, 3.05) is 11.9 Å². The van der Waals surface area contributed by atoms with Crippen LogP contribution in [-0.4, -0.2) is 27.6 Å². The average Bonchev–Trinajstić information content (AvgIpc) is 2.47. The molecule has 0 aliphatic heterocycles. The number of aliphatic hydroxyl groups excluding tert-OH is 1. The summed E-state index contributed by atoms with van der Waals surface area (Å²) in [6.45, 7) is -0.352. The van der Waals surface area contributed by atoms with Gasteiger partial charge in [0.05, 0.1) is 23.6 Å². The highest BCUT2D eigenvalue weighted by molar-refractivity contribution is 6.04. The molecule has 1 amide bonds. The molecule has 6 heteroatoms. The maximum atomic E-state index is 13.7. The molecule has 2 rings (SSSR count). The Labute approximate surface area is 114 Å². The summed E-state index contributed by atoms with van der Waals surface area (Å²) in [5.41, 5.74) is 0.696. The van der Waals surface area contributed by atoms with Crippen LogP contribution in [0.3, 0.4) is 0 Å². The number of nitrogens with one attached hydrogen (secondary N) is 1. The number of aliphatic hydroxyl groups is 1. The molecule has 0 aliphatic carbocycles. The molecule has 2 N–H and O–H groups in total. The van der Waals surface area contributed by atoms with E-state index in [0.29, 0.717) is 5.69 Å². The zero-order valence-corrected chi connectivity index (χ0v) is 10.3. The Morgan fingerprint density at radius 1 is 1.35 bits per heavy atom. The zero-order chi connectivity index (χ0) is 14.4. The number of hydrogen-bond acceptors (Lipinski definition) is 4. The molecule has 100 valence electrons. The summed E-state index contributed by atoms with van der Waals surface area (Å²) in [7, 11) is 0. The van der Waals surface area contributed by atoms with Gasteiger partial charge in [-0.25, -0.2) is 14.4 Å². The van der Waals surface area contributed by atoms with Crippen LogP contribution in [0.25, 0.3) is 0 Å². The van der Waals surface area contributed by atoms with Crippen molar-refractivity contribution >= 4 is 11.6 Å². The normalized spacial score (nSPS) is 9.50. The summed E-state index contributed by atoms with van der Waals surface area (Å²) in [6, 6.07) is 3.92. The second-order valence-electron chi connectivity index (χ2n) is 3.74. The topological polar surface area (TPSA) is 75.1 Å². The Morgan fingerprint density at radius 3 is 2.75 bits per heavy atom. The fourth-order valence-electron chi connectivity index (χ4n) is 1.46. The van der Waals surface area contributed by atoms with E-state index in [2.05, 4.69) is 27.1 Å². The summed E-state index contributed by atoms with van der Waals surface area (Å²) in [4.78, 5) is 19.4. The molecule has 0 atom stereocenters. The molecular formula is C14H10FN3O2. The molecule has 1 aromatic heterocycles. The Kier molecular flexibility index (Phi) is 4.37. The molecule has 0 radical (unpaired) electrons.